The molecule has 6 rings (SSSR count). The summed E-state index contributed by atoms with van der Waals surface area (Å²) in [4.78, 5) is 22.8. The molecular formula is C25H23N5O3S. The normalized spacial score (nSPS) is 14.3. The molecule has 0 amide bonds. The Balaban J connectivity index is 1.45. The Morgan fingerprint density at radius 3 is 2.41 bits per heavy atom. The quantitative estimate of drug-likeness (QED) is 0.377. The Morgan fingerprint density at radius 2 is 1.68 bits per heavy atom. The molecule has 0 atom stereocenters. The Bertz CT molecular complexity index is 1710. The van der Waals surface area contributed by atoms with Gasteiger partial charge in [0.1, 0.15) is 5.82 Å². The van der Waals surface area contributed by atoms with Crippen molar-refractivity contribution in [2.75, 3.05) is 6.26 Å². The monoisotopic (exact) mass is 473 g/mol. The third-order valence-electron chi connectivity index (χ3n) is 6.40. The number of sulfone groups is 1. The summed E-state index contributed by atoms with van der Waals surface area (Å²) < 4.78 is 29.4. The molecule has 172 valence electrons. The zero-order chi connectivity index (χ0) is 23.4. The molecule has 3 aromatic heterocycles. The van der Waals surface area contributed by atoms with Crippen LogP contribution in [0.1, 0.15) is 30.3 Å². The number of benzene rings is 2. The van der Waals surface area contributed by atoms with Gasteiger partial charge in [0.05, 0.1) is 39.7 Å². The van der Waals surface area contributed by atoms with E-state index < -0.39 is 9.84 Å². The van der Waals surface area contributed by atoms with E-state index >= 15 is 0 Å². The van der Waals surface area contributed by atoms with Crippen LogP contribution in [0.5, 0.6) is 0 Å². The number of para-hydroxylation sites is 2. The van der Waals surface area contributed by atoms with Crippen molar-refractivity contribution in [3.8, 4) is 0 Å². The largest absolute Gasteiger partial charge is 0.329 e. The van der Waals surface area contributed by atoms with Gasteiger partial charge >= 0.3 is 5.69 Å². The van der Waals surface area contributed by atoms with Crippen molar-refractivity contribution in [3.05, 3.63) is 88.9 Å². The summed E-state index contributed by atoms with van der Waals surface area (Å²) in [6.07, 6.45) is 6.70. The highest BCUT2D eigenvalue weighted by molar-refractivity contribution is 7.90. The van der Waals surface area contributed by atoms with E-state index in [-0.39, 0.29) is 11.7 Å². The molecule has 1 fully saturated rings. The van der Waals surface area contributed by atoms with Gasteiger partial charge in [0.15, 0.2) is 9.84 Å². The molecule has 0 N–H and O–H groups in total. The predicted molar refractivity (Wildman–Crippen MR) is 130 cm³/mol. The minimum atomic E-state index is -3.26. The lowest BCUT2D eigenvalue weighted by Crippen LogP contribution is -2.25. The number of hydrogen-bond donors (Lipinski definition) is 0. The second kappa shape index (κ2) is 7.66. The first-order chi connectivity index (χ1) is 16.4. The van der Waals surface area contributed by atoms with Gasteiger partial charge in [0, 0.05) is 25.0 Å². The summed E-state index contributed by atoms with van der Waals surface area (Å²) in [7, 11) is -3.26. The lowest BCUT2D eigenvalue weighted by molar-refractivity contribution is 0.601. The average molecular weight is 474 g/mol. The summed E-state index contributed by atoms with van der Waals surface area (Å²) in [5, 5.41) is 0. The molecule has 0 unspecified atom stereocenters. The average Bonchev–Trinajstić information content (AvgIpc) is 3.55. The Kier molecular flexibility index (Phi) is 4.70. The van der Waals surface area contributed by atoms with E-state index in [9.17, 15) is 13.2 Å². The van der Waals surface area contributed by atoms with E-state index in [1.807, 2.05) is 47.0 Å². The number of rotatable bonds is 6. The first-order valence-corrected chi connectivity index (χ1v) is 13.1. The van der Waals surface area contributed by atoms with Crippen LogP contribution in [0.15, 0.2) is 76.7 Å². The minimum absolute atomic E-state index is 0.0402. The van der Waals surface area contributed by atoms with Gasteiger partial charge in [-0.15, -0.1) is 0 Å². The number of imidazole rings is 2. The van der Waals surface area contributed by atoms with Gasteiger partial charge in [-0.2, -0.15) is 0 Å². The third kappa shape index (κ3) is 3.52. The molecule has 2 aromatic carbocycles. The van der Waals surface area contributed by atoms with Crippen molar-refractivity contribution in [3.63, 3.8) is 0 Å². The van der Waals surface area contributed by atoms with Gasteiger partial charge in [-0.05, 0) is 48.7 Å². The molecular weight excluding hydrogens is 450 g/mol. The van der Waals surface area contributed by atoms with Crippen molar-refractivity contribution >= 4 is 31.9 Å². The topological polar surface area (TPSA) is 91.8 Å². The van der Waals surface area contributed by atoms with Gasteiger partial charge in [0.2, 0.25) is 0 Å². The standard InChI is InChI=1S/C25H23N5O3S/c1-34(32,33)19-10-6-17(7-11-19)15-28-21-5-3-2-4-20(21)27-24(28)16-29-23-14-26-13-12-22(23)30(25(29)31)18-8-9-18/h2-7,10-14,18H,8-9,15-16H2,1H3. The van der Waals surface area contributed by atoms with Crippen LogP contribution in [-0.4, -0.2) is 38.3 Å². The third-order valence-corrected chi connectivity index (χ3v) is 7.53. The van der Waals surface area contributed by atoms with Crippen LogP contribution in [0, 0.1) is 0 Å². The molecule has 3 heterocycles. The Labute approximate surface area is 196 Å². The van der Waals surface area contributed by atoms with Crippen molar-refractivity contribution in [2.45, 2.75) is 36.9 Å². The second-order valence-electron chi connectivity index (χ2n) is 8.85. The van der Waals surface area contributed by atoms with E-state index in [0.717, 1.165) is 46.3 Å². The number of fused-ring (bicyclic) bond motifs is 2. The summed E-state index contributed by atoms with van der Waals surface area (Å²) in [6, 6.07) is 16.9. The lowest BCUT2D eigenvalue weighted by atomic mass is 10.2. The highest BCUT2D eigenvalue weighted by Crippen LogP contribution is 2.36. The predicted octanol–water partition coefficient (Wildman–Crippen LogP) is 3.38. The molecule has 0 saturated heterocycles. The molecule has 9 heteroatoms. The van der Waals surface area contributed by atoms with Crippen molar-refractivity contribution in [1.82, 2.24) is 23.7 Å². The highest BCUT2D eigenvalue weighted by atomic mass is 32.2. The maximum Gasteiger partial charge on any atom is 0.329 e. The van der Waals surface area contributed by atoms with Gasteiger partial charge in [-0.1, -0.05) is 24.3 Å². The summed E-state index contributed by atoms with van der Waals surface area (Å²) in [6.45, 7) is 0.824. The smallest absolute Gasteiger partial charge is 0.322 e. The molecule has 1 saturated carbocycles. The number of nitrogens with zero attached hydrogens (tertiary/aromatic N) is 5. The molecule has 8 nitrogen and oxygen atoms in total. The lowest BCUT2D eigenvalue weighted by Gasteiger charge is -2.11. The number of aromatic nitrogens is 5. The van der Waals surface area contributed by atoms with Crippen LogP contribution in [0.3, 0.4) is 0 Å². The Morgan fingerprint density at radius 1 is 0.912 bits per heavy atom. The SMILES string of the molecule is CS(=O)(=O)c1ccc(Cn2c(Cn3c(=O)n(C4CC4)c4ccncc43)nc3ccccc32)cc1. The molecule has 1 aliphatic rings. The number of pyridine rings is 1. The van der Waals surface area contributed by atoms with E-state index in [1.54, 1.807) is 29.1 Å². The van der Waals surface area contributed by atoms with Gasteiger partial charge in [0.25, 0.3) is 0 Å². The van der Waals surface area contributed by atoms with E-state index in [1.165, 1.54) is 6.26 Å². The van der Waals surface area contributed by atoms with Crippen LogP contribution in [-0.2, 0) is 22.9 Å². The molecule has 5 aromatic rings. The fourth-order valence-electron chi connectivity index (χ4n) is 4.55. The maximum atomic E-state index is 13.4. The van der Waals surface area contributed by atoms with Crippen LogP contribution in [0.4, 0.5) is 0 Å². The zero-order valence-corrected chi connectivity index (χ0v) is 19.4. The maximum absolute atomic E-state index is 13.4. The fourth-order valence-corrected chi connectivity index (χ4v) is 5.18. The van der Waals surface area contributed by atoms with Gasteiger partial charge in [-0.3, -0.25) is 14.1 Å². The summed E-state index contributed by atoms with van der Waals surface area (Å²) in [5.41, 5.74) is 4.43. The molecule has 0 spiro atoms. The van der Waals surface area contributed by atoms with E-state index in [2.05, 4.69) is 9.55 Å². The summed E-state index contributed by atoms with van der Waals surface area (Å²) in [5.74, 6) is 0.759. The van der Waals surface area contributed by atoms with Crippen molar-refractivity contribution in [1.29, 1.82) is 0 Å². The van der Waals surface area contributed by atoms with Crippen LogP contribution in [0.25, 0.3) is 22.1 Å². The molecule has 0 radical (unpaired) electrons. The molecule has 1 aliphatic carbocycles. The van der Waals surface area contributed by atoms with E-state index in [0.29, 0.717) is 18.0 Å². The Hall–Kier alpha value is -3.72. The zero-order valence-electron chi connectivity index (χ0n) is 18.6. The minimum Gasteiger partial charge on any atom is -0.322 e. The highest BCUT2D eigenvalue weighted by Gasteiger charge is 2.29. The van der Waals surface area contributed by atoms with E-state index in [4.69, 9.17) is 4.98 Å². The summed E-state index contributed by atoms with van der Waals surface area (Å²) >= 11 is 0. The molecule has 0 bridgehead atoms. The molecule has 34 heavy (non-hydrogen) atoms. The first-order valence-electron chi connectivity index (χ1n) is 11.2. The van der Waals surface area contributed by atoms with Crippen molar-refractivity contribution < 1.29 is 8.42 Å². The van der Waals surface area contributed by atoms with Crippen LogP contribution in [0.2, 0.25) is 0 Å². The molecule has 0 aliphatic heterocycles. The van der Waals surface area contributed by atoms with Gasteiger partial charge in [-0.25, -0.2) is 18.2 Å². The fraction of sp³-hybridized carbons (Fsp3) is 0.240. The first kappa shape index (κ1) is 20.9. The number of hydrogen-bond acceptors (Lipinski definition) is 5. The van der Waals surface area contributed by atoms with Crippen LogP contribution >= 0.6 is 0 Å². The van der Waals surface area contributed by atoms with Crippen molar-refractivity contribution in [2.24, 2.45) is 0 Å². The van der Waals surface area contributed by atoms with Gasteiger partial charge < -0.3 is 4.57 Å². The second-order valence-corrected chi connectivity index (χ2v) is 10.9. The van der Waals surface area contributed by atoms with Crippen LogP contribution < -0.4 is 5.69 Å².